The molecule has 2 aromatic carbocycles. The first-order valence-corrected chi connectivity index (χ1v) is 8.45. The molecule has 2 atom stereocenters. The average molecular weight is 327 g/mol. The summed E-state index contributed by atoms with van der Waals surface area (Å²) in [6, 6.07) is 17.9. The van der Waals surface area contributed by atoms with Crippen LogP contribution in [0.1, 0.15) is 23.1 Å². The molecular formula is C20H25NO3. The third-order valence-corrected chi connectivity index (χ3v) is 4.62. The van der Waals surface area contributed by atoms with E-state index in [1.807, 2.05) is 42.5 Å². The fraction of sp³-hybridized carbons (Fsp3) is 0.400. The monoisotopic (exact) mass is 327 g/mol. The summed E-state index contributed by atoms with van der Waals surface area (Å²) in [4.78, 5) is 2.37. The molecular weight excluding hydrogens is 302 g/mol. The molecule has 128 valence electrons. The number of benzene rings is 2. The van der Waals surface area contributed by atoms with Gasteiger partial charge in [0.1, 0.15) is 5.75 Å². The molecule has 1 fully saturated rings. The molecule has 4 nitrogen and oxygen atoms in total. The van der Waals surface area contributed by atoms with Crippen molar-refractivity contribution in [1.82, 2.24) is 4.90 Å². The number of methoxy groups -OCH3 is 1. The van der Waals surface area contributed by atoms with E-state index in [2.05, 4.69) is 17.0 Å². The lowest BCUT2D eigenvalue weighted by Gasteiger charge is -2.33. The number of rotatable bonds is 6. The average Bonchev–Trinajstić information content (AvgIpc) is 2.67. The largest absolute Gasteiger partial charge is 0.497 e. The van der Waals surface area contributed by atoms with Crippen molar-refractivity contribution >= 4 is 0 Å². The zero-order chi connectivity index (χ0) is 16.8. The summed E-state index contributed by atoms with van der Waals surface area (Å²) in [6.07, 6.45) is -0.554. The SMILES string of the molecule is COc1ccc([C@@H](O)[C@H](CN2CCOCC2)c2ccccc2)cc1. The topological polar surface area (TPSA) is 41.9 Å². The van der Waals surface area contributed by atoms with Crippen LogP contribution in [0.25, 0.3) is 0 Å². The van der Waals surface area contributed by atoms with Crippen LogP contribution in [0.5, 0.6) is 5.75 Å². The number of hydrogen-bond donors (Lipinski definition) is 1. The van der Waals surface area contributed by atoms with Crippen LogP contribution in [0.4, 0.5) is 0 Å². The Bertz CT molecular complexity index is 609. The number of aliphatic hydroxyl groups is 1. The van der Waals surface area contributed by atoms with E-state index >= 15 is 0 Å². The first kappa shape index (κ1) is 17.0. The second-order valence-corrected chi connectivity index (χ2v) is 6.15. The Labute approximate surface area is 143 Å². The molecule has 1 N–H and O–H groups in total. The molecule has 0 spiro atoms. The number of aliphatic hydroxyl groups excluding tert-OH is 1. The van der Waals surface area contributed by atoms with Gasteiger partial charge in [-0.25, -0.2) is 0 Å². The van der Waals surface area contributed by atoms with E-state index in [4.69, 9.17) is 9.47 Å². The summed E-state index contributed by atoms with van der Waals surface area (Å²) in [7, 11) is 1.65. The van der Waals surface area contributed by atoms with E-state index in [9.17, 15) is 5.11 Å². The summed E-state index contributed by atoms with van der Waals surface area (Å²) in [5.74, 6) is 0.827. The summed E-state index contributed by atoms with van der Waals surface area (Å²) >= 11 is 0. The maximum atomic E-state index is 11.0. The Kier molecular flexibility index (Phi) is 5.86. The lowest BCUT2D eigenvalue weighted by molar-refractivity contribution is 0.0240. The fourth-order valence-electron chi connectivity index (χ4n) is 3.18. The van der Waals surface area contributed by atoms with Crippen molar-refractivity contribution in [2.45, 2.75) is 12.0 Å². The molecule has 1 saturated heterocycles. The number of morpholine rings is 1. The zero-order valence-corrected chi connectivity index (χ0v) is 14.1. The molecule has 0 aromatic heterocycles. The van der Waals surface area contributed by atoms with Gasteiger partial charge in [0, 0.05) is 25.6 Å². The highest BCUT2D eigenvalue weighted by molar-refractivity contribution is 5.32. The van der Waals surface area contributed by atoms with Crippen molar-refractivity contribution in [1.29, 1.82) is 0 Å². The molecule has 0 amide bonds. The van der Waals surface area contributed by atoms with Gasteiger partial charge in [0.15, 0.2) is 0 Å². The van der Waals surface area contributed by atoms with Crippen molar-refractivity contribution < 1.29 is 14.6 Å². The maximum absolute atomic E-state index is 11.0. The molecule has 1 aliphatic rings. The van der Waals surface area contributed by atoms with Gasteiger partial charge < -0.3 is 14.6 Å². The Balaban J connectivity index is 1.82. The van der Waals surface area contributed by atoms with Crippen molar-refractivity contribution in [3.05, 3.63) is 65.7 Å². The molecule has 4 heteroatoms. The third-order valence-electron chi connectivity index (χ3n) is 4.62. The van der Waals surface area contributed by atoms with Gasteiger partial charge in [-0.1, -0.05) is 42.5 Å². The quantitative estimate of drug-likeness (QED) is 0.886. The predicted octanol–water partition coefficient (Wildman–Crippen LogP) is 2.84. The van der Waals surface area contributed by atoms with Crippen LogP contribution in [0.2, 0.25) is 0 Å². The van der Waals surface area contributed by atoms with Gasteiger partial charge in [0.05, 0.1) is 26.4 Å². The van der Waals surface area contributed by atoms with Gasteiger partial charge in [-0.05, 0) is 23.3 Å². The third kappa shape index (κ3) is 4.15. The number of hydrogen-bond acceptors (Lipinski definition) is 4. The molecule has 0 bridgehead atoms. The first-order valence-electron chi connectivity index (χ1n) is 8.45. The molecule has 1 heterocycles. The Hall–Kier alpha value is -1.88. The van der Waals surface area contributed by atoms with Crippen LogP contribution in [-0.4, -0.2) is 50.0 Å². The van der Waals surface area contributed by atoms with Crippen LogP contribution in [0, 0.1) is 0 Å². The molecule has 0 saturated carbocycles. The second-order valence-electron chi connectivity index (χ2n) is 6.15. The summed E-state index contributed by atoms with van der Waals surface area (Å²) in [5, 5.41) is 11.0. The Morgan fingerprint density at radius 3 is 2.29 bits per heavy atom. The Morgan fingerprint density at radius 2 is 1.67 bits per heavy atom. The van der Waals surface area contributed by atoms with Crippen LogP contribution in [-0.2, 0) is 4.74 Å². The van der Waals surface area contributed by atoms with E-state index < -0.39 is 6.10 Å². The minimum atomic E-state index is -0.554. The zero-order valence-electron chi connectivity index (χ0n) is 14.1. The van der Waals surface area contributed by atoms with Crippen molar-refractivity contribution in [2.24, 2.45) is 0 Å². The molecule has 0 radical (unpaired) electrons. The maximum Gasteiger partial charge on any atom is 0.118 e. The van der Waals surface area contributed by atoms with Crippen LogP contribution in [0.3, 0.4) is 0 Å². The van der Waals surface area contributed by atoms with Crippen molar-refractivity contribution in [2.75, 3.05) is 40.0 Å². The molecule has 0 unspecified atom stereocenters. The summed E-state index contributed by atoms with van der Waals surface area (Å²) < 4.78 is 10.7. The van der Waals surface area contributed by atoms with Gasteiger partial charge in [-0.3, -0.25) is 4.90 Å². The van der Waals surface area contributed by atoms with E-state index in [1.165, 1.54) is 0 Å². The van der Waals surface area contributed by atoms with Gasteiger partial charge >= 0.3 is 0 Å². The van der Waals surface area contributed by atoms with Gasteiger partial charge in [-0.15, -0.1) is 0 Å². The standard InChI is InChI=1S/C20H25NO3/c1-23-18-9-7-17(8-10-18)20(22)19(16-5-3-2-4-6-16)15-21-11-13-24-14-12-21/h2-10,19-20,22H,11-15H2,1H3/t19-,20-/m1/s1. The lowest BCUT2D eigenvalue weighted by Crippen LogP contribution is -2.39. The van der Waals surface area contributed by atoms with Gasteiger partial charge in [-0.2, -0.15) is 0 Å². The van der Waals surface area contributed by atoms with E-state index in [0.717, 1.165) is 49.7 Å². The van der Waals surface area contributed by atoms with E-state index in [1.54, 1.807) is 7.11 Å². The number of ether oxygens (including phenoxy) is 2. The minimum absolute atomic E-state index is 0.0256. The van der Waals surface area contributed by atoms with E-state index in [0.29, 0.717) is 0 Å². The highest BCUT2D eigenvalue weighted by Crippen LogP contribution is 2.32. The minimum Gasteiger partial charge on any atom is -0.497 e. The van der Waals surface area contributed by atoms with Crippen LogP contribution >= 0.6 is 0 Å². The molecule has 0 aliphatic carbocycles. The highest BCUT2D eigenvalue weighted by Gasteiger charge is 2.26. The first-order chi connectivity index (χ1) is 11.8. The second kappa shape index (κ2) is 8.29. The van der Waals surface area contributed by atoms with Gasteiger partial charge in [0.25, 0.3) is 0 Å². The fourth-order valence-corrected chi connectivity index (χ4v) is 3.18. The summed E-state index contributed by atoms with van der Waals surface area (Å²) in [6.45, 7) is 4.18. The number of nitrogens with zero attached hydrogens (tertiary/aromatic N) is 1. The normalized spacial score (nSPS) is 18.1. The summed E-state index contributed by atoms with van der Waals surface area (Å²) in [5.41, 5.74) is 2.07. The van der Waals surface area contributed by atoms with Crippen molar-refractivity contribution in [3.63, 3.8) is 0 Å². The molecule has 1 aliphatic heterocycles. The molecule has 24 heavy (non-hydrogen) atoms. The van der Waals surface area contributed by atoms with Gasteiger partial charge in [0.2, 0.25) is 0 Å². The smallest absolute Gasteiger partial charge is 0.118 e. The Morgan fingerprint density at radius 1 is 1.00 bits per heavy atom. The lowest BCUT2D eigenvalue weighted by atomic mass is 9.88. The van der Waals surface area contributed by atoms with E-state index in [-0.39, 0.29) is 5.92 Å². The molecule has 3 rings (SSSR count). The van der Waals surface area contributed by atoms with Crippen LogP contribution < -0.4 is 4.74 Å². The molecule has 2 aromatic rings. The predicted molar refractivity (Wildman–Crippen MR) is 94.4 cm³/mol. The van der Waals surface area contributed by atoms with Crippen molar-refractivity contribution in [3.8, 4) is 5.75 Å². The highest BCUT2D eigenvalue weighted by atomic mass is 16.5. The van der Waals surface area contributed by atoms with Crippen LogP contribution in [0.15, 0.2) is 54.6 Å².